The van der Waals surface area contributed by atoms with Gasteiger partial charge in [0.25, 0.3) is 5.56 Å². The average Bonchev–Trinajstić information content (AvgIpc) is 2.59. The van der Waals surface area contributed by atoms with E-state index in [-0.39, 0.29) is 38.6 Å². The lowest BCUT2D eigenvalue weighted by atomic mass is 10.1. The first-order chi connectivity index (χ1) is 13.2. The summed E-state index contributed by atoms with van der Waals surface area (Å²) in [5, 5.41) is 10.8. The van der Waals surface area contributed by atoms with Crippen LogP contribution in [0.2, 0.25) is 20.6 Å². The van der Waals surface area contributed by atoms with Crippen molar-refractivity contribution in [2.45, 2.75) is 0 Å². The molecular weight excluding hydrogens is 479 g/mol. The lowest BCUT2D eigenvalue weighted by Gasteiger charge is -2.05. The minimum Gasteiger partial charge on any atom is -0.383 e. The number of aromatic nitrogens is 3. The summed E-state index contributed by atoms with van der Waals surface area (Å²) in [6.07, 6.45) is 5.11. The zero-order chi connectivity index (χ0) is 20.8. The van der Waals surface area contributed by atoms with Crippen LogP contribution in [0, 0.1) is 11.3 Å². The van der Waals surface area contributed by atoms with E-state index in [1.807, 2.05) is 31.3 Å². The van der Waals surface area contributed by atoms with Crippen LogP contribution < -0.4 is 5.56 Å². The van der Waals surface area contributed by atoms with Gasteiger partial charge >= 0.3 is 0 Å². The summed E-state index contributed by atoms with van der Waals surface area (Å²) in [5.74, 6) is 0. The Hall–Kier alpha value is -2.01. The number of H-pyrrole nitrogens is 1. The fourth-order valence-electron chi connectivity index (χ4n) is 2.11. The van der Waals surface area contributed by atoms with Gasteiger partial charge in [0.15, 0.2) is 0 Å². The van der Waals surface area contributed by atoms with E-state index in [9.17, 15) is 4.79 Å². The van der Waals surface area contributed by atoms with Crippen LogP contribution in [0.4, 0.5) is 0 Å². The lowest BCUT2D eigenvalue weighted by Crippen LogP contribution is -2.05. The molecule has 0 atom stereocenters. The number of nitriles is 1. The highest BCUT2D eigenvalue weighted by atomic mass is 35.5. The lowest BCUT2D eigenvalue weighted by molar-refractivity contribution is 0.567. The van der Waals surface area contributed by atoms with Gasteiger partial charge in [-0.1, -0.05) is 46.4 Å². The quantitative estimate of drug-likeness (QED) is 0.480. The Morgan fingerprint density at radius 2 is 1.72 bits per heavy atom. The molecule has 0 saturated carbocycles. The Bertz CT molecular complexity index is 1140. The van der Waals surface area contributed by atoms with Gasteiger partial charge < -0.3 is 9.88 Å². The second-order valence-corrected chi connectivity index (χ2v) is 7.09. The van der Waals surface area contributed by atoms with Gasteiger partial charge in [-0.2, -0.15) is 5.26 Å². The van der Waals surface area contributed by atoms with E-state index < -0.39 is 0 Å². The predicted molar refractivity (Wildman–Crippen MR) is 121 cm³/mol. The molecule has 0 unspecified atom stereocenters. The van der Waals surface area contributed by atoms with Crippen molar-refractivity contribution in [2.75, 3.05) is 14.1 Å². The van der Waals surface area contributed by atoms with E-state index in [1.165, 1.54) is 6.20 Å². The number of aromatic amines is 1. The van der Waals surface area contributed by atoms with Crippen LogP contribution in [0.25, 0.3) is 16.8 Å². The van der Waals surface area contributed by atoms with Crippen molar-refractivity contribution in [3.05, 3.63) is 72.7 Å². The number of rotatable bonds is 2. The SMILES string of the molecule is CN(C)/C=C/c1cc(Cl)nc(Cl)c1C#N.Cl.O=c1[nH]ccc2cc(Cl)nc(Cl)c12. The summed E-state index contributed by atoms with van der Waals surface area (Å²) in [6, 6.07) is 6.91. The molecule has 3 rings (SSSR count). The molecule has 0 spiro atoms. The van der Waals surface area contributed by atoms with Crippen molar-refractivity contribution >= 4 is 75.7 Å². The molecule has 0 aliphatic heterocycles. The van der Waals surface area contributed by atoms with Crippen molar-refractivity contribution in [3.63, 3.8) is 0 Å². The fourth-order valence-corrected chi connectivity index (χ4v) is 3.13. The number of nitrogens with zero attached hydrogens (tertiary/aromatic N) is 4. The highest BCUT2D eigenvalue weighted by Gasteiger charge is 2.08. The zero-order valence-corrected chi connectivity index (χ0v) is 18.9. The Kier molecular flexibility index (Phi) is 9.71. The maximum absolute atomic E-state index is 11.3. The molecule has 0 amide bonds. The van der Waals surface area contributed by atoms with Gasteiger partial charge in [0, 0.05) is 20.3 Å². The van der Waals surface area contributed by atoms with Crippen molar-refractivity contribution in [1.29, 1.82) is 5.26 Å². The first-order valence-electron chi connectivity index (χ1n) is 7.67. The van der Waals surface area contributed by atoms with Gasteiger partial charge in [0.05, 0.1) is 10.9 Å². The van der Waals surface area contributed by atoms with Gasteiger partial charge in [-0.3, -0.25) is 4.79 Å². The van der Waals surface area contributed by atoms with E-state index in [1.54, 1.807) is 24.3 Å². The molecule has 0 radical (unpaired) electrons. The minimum absolute atomic E-state index is 0. The largest absolute Gasteiger partial charge is 0.383 e. The monoisotopic (exact) mass is 491 g/mol. The van der Waals surface area contributed by atoms with Crippen molar-refractivity contribution in [2.24, 2.45) is 0 Å². The number of nitrogens with one attached hydrogen (secondary N) is 1. The minimum atomic E-state index is -0.258. The van der Waals surface area contributed by atoms with E-state index in [2.05, 4.69) is 15.0 Å². The van der Waals surface area contributed by atoms with Crippen LogP contribution in [0.15, 0.2) is 35.4 Å². The molecule has 0 aliphatic carbocycles. The van der Waals surface area contributed by atoms with Crippen molar-refractivity contribution < 1.29 is 0 Å². The number of halogens is 5. The maximum atomic E-state index is 11.3. The van der Waals surface area contributed by atoms with E-state index in [0.29, 0.717) is 21.9 Å². The summed E-state index contributed by atoms with van der Waals surface area (Å²) < 4.78 is 0. The smallest absolute Gasteiger partial charge is 0.258 e. The Morgan fingerprint density at radius 1 is 1.10 bits per heavy atom. The average molecular weight is 494 g/mol. The standard InChI is InChI=1S/C10H9Cl2N3.C8H4Cl2N2O.ClH/c1-15(2)4-3-7-5-9(11)14-10(12)8(7)6-13;9-5-3-4-1-2-11-8(13)6(4)7(10)12-5;/h3-5H,1-2H3;1-3H,(H,11,13);1H/b4-3+;;. The molecule has 11 heteroatoms. The number of fused-ring (bicyclic) bond motifs is 1. The molecular formula is C18H14Cl5N5O. The number of hydrogen-bond acceptors (Lipinski definition) is 5. The topological polar surface area (TPSA) is 85.7 Å². The van der Waals surface area contributed by atoms with Crippen LogP contribution in [0.5, 0.6) is 0 Å². The first kappa shape index (κ1) is 25.0. The summed E-state index contributed by atoms with van der Waals surface area (Å²) in [6.45, 7) is 0. The highest BCUT2D eigenvalue weighted by Crippen LogP contribution is 2.22. The molecule has 1 N–H and O–H groups in total. The molecule has 0 bridgehead atoms. The fraction of sp³-hybridized carbons (Fsp3) is 0.111. The molecule has 29 heavy (non-hydrogen) atoms. The normalized spacial score (nSPS) is 10.1. The van der Waals surface area contributed by atoms with Crippen molar-refractivity contribution in [1.82, 2.24) is 19.9 Å². The summed E-state index contributed by atoms with van der Waals surface area (Å²) in [5.41, 5.74) is 0.738. The highest BCUT2D eigenvalue weighted by molar-refractivity contribution is 6.36. The molecule has 0 saturated heterocycles. The first-order valence-corrected chi connectivity index (χ1v) is 9.18. The third-order valence-corrected chi connectivity index (χ3v) is 4.25. The molecule has 3 heterocycles. The molecule has 3 aromatic rings. The summed E-state index contributed by atoms with van der Waals surface area (Å²) in [4.78, 5) is 23.2. The molecule has 152 valence electrons. The van der Waals surface area contributed by atoms with Crippen LogP contribution >= 0.6 is 58.8 Å². The van der Waals surface area contributed by atoms with Gasteiger partial charge in [-0.15, -0.1) is 12.4 Å². The Labute approximate surface area is 193 Å². The van der Waals surface area contributed by atoms with Gasteiger partial charge in [0.2, 0.25) is 0 Å². The van der Waals surface area contributed by atoms with Gasteiger partial charge in [-0.05, 0) is 41.4 Å². The molecule has 3 aromatic heterocycles. The van der Waals surface area contributed by atoms with E-state index in [4.69, 9.17) is 51.7 Å². The number of pyridine rings is 3. The summed E-state index contributed by atoms with van der Waals surface area (Å²) in [7, 11) is 3.76. The van der Waals surface area contributed by atoms with Gasteiger partial charge in [0.1, 0.15) is 26.7 Å². The maximum Gasteiger partial charge on any atom is 0.258 e. The summed E-state index contributed by atoms with van der Waals surface area (Å²) >= 11 is 22.9. The van der Waals surface area contributed by atoms with Gasteiger partial charge in [-0.25, -0.2) is 9.97 Å². The van der Waals surface area contributed by atoms with E-state index in [0.717, 1.165) is 0 Å². The second kappa shape index (κ2) is 11.2. The van der Waals surface area contributed by atoms with Crippen LogP contribution in [0.3, 0.4) is 0 Å². The van der Waals surface area contributed by atoms with Crippen molar-refractivity contribution in [3.8, 4) is 6.07 Å². The van der Waals surface area contributed by atoms with Crippen LogP contribution in [0.1, 0.15) is 11.1 Å². The Balaban J connectivity index is 0.000000282. The molecule has 0 aliphatic rings. The molecule has 6 nitrogen and oxygen atoms in total. The molecule has 0 fully saturated rings. The third kappa shape index (κ3) is 6.77. The molecule has 0 aromatic carbocycles. The Morgan fingerprint density at radius 3 is 2.34 bits per heavy atom. The van der Waals surface area contributed by atoms with Crippen LogP contribution in [-0.2, 0) is 0 Å². The number of hydrogen-bond donors (Lipinski definition) is 1. The second-order valence-electron chi connectivity index (χ2n) is 5.60. The predicted octanol–water partition coefficient (Wildman–Crippen LogP) is 5.44. The third-order valence-electron chi connectivity index (χ3n) is 3.32. The van der Waals surface area contributed by atoms with E-state index >= 15 is 0 Å². The zero-order valence-electron chi connectivity index (χ0n) is 15.1. The van der Waals surface area contributed by atoms with Crippen LogP contribution in [-0.4, -0.2) is 33.9 Å².